The van der Waals surface area contributed by atoms with E-state index in [1.165, 1.54) is 23.7 Å². The SMILES string of the molecule is CC(C)c1c(C#Cc2nc(N[C@@H]3CCOC[C@H]3O)ncc2Cl)cncc1[C@@H]1CCCN1. The maximum Gasteiger partial charge on any atom is 0.224 e. The molecule has 0 unspecified atom stereocenters. The average molecular weight is 442 g/mol. The maximum absolute atomic E-state index is 10.1. The largest absolute Gasteiger partial charge is 0.389 e. The van der Waals surface area contributed by atoms with Crippen molar-refractivity contribution >= 4 is 17.5 Å². The predicted molar refractivity (Wildman–Crippen MR) is 120 cm³/mol. The highest BCUT2D eigenvalue weighted by Crippen LogP contribution is 2.31. The number of anilines is 1. The van der Waals surface area contributed by atoms with Gasteiger partial charge in [-0.05, 0) is 48.8 Å². The smallest absolute Gasteiger partial charge is 0.224 e. The van der Waals surface area contributed by atoms with Crippen molar-refractivity contribution in [3.63, 3.8) is 0 Å². The highest BCUT2D eigenvalue weighted by molar-refractivity contribution is 6.31. The number of aliphatic hydroxyl groups excluding tert-OH is 1. The predicted octanol–water partition coefficient (Wildman–Crippen LogP) is 3.03. The number of hydrogen-bond donors (Lipinski definition) is 3. The topological polar surface area (TPSA) is 92.2 Å². The van der Waals surface area contributed by atoms with Crippen LogP contribution >= 0.6 is 11.6 Å². The van der Waals surface area contributed by atoms with Crippen molar-refractivity contribution in [1.29, 1.82) is 0 Å². The first kappa shape index (κ1) is 22.0. The van der Waals surface area contributed by atoms with Crippen LogP contribution in [-0.4, -0.2) is 52.0 Å². The van der Waals surface area contributed by atoms with Gasteiger partial charge in [0.2, 0.25) is 5.95 Å². The number of aliphatic hydroxyl groups is 1. The minimum absolute atomic E-state index is 0.164. The lowest BCUT2D eigenvalue weighted by molar-refractivity contribution is -0.0136. The summed E-state index contributed by atoms with van der Waals surface area (Å²) in [6.45, 7) is 6.28. The van der Waals surface area contributed by atoms with Crippen LogP contribution < -0.4 is 10.6 Å². The van der Waals surface area contributed by atoms with Gasteiger partial charge in [-0.3, -0.25) is 4.98 Å². The molecule has 0 bridgehead atoms. The molecule has 0 saturated carbocycles. The summed E-state index contributed by atoms with van der Waals surface area (Å²) in [5.41, 5.74) is 3.78. The molecule has 31 heavy (non-hydrogen) atoms. The Morgan fingerprint density at radius 3 is 2.87 bits per heavy atom. The van der Waals surface area contributed by atoms with Gasteiger partial charge in [-0.15, -0.1) is 0 Å². The van der Waals surface area contributed by atoms with Crippen LogP contribution in [0.1, 0.15) is 67.5 Å². The summed E-state index contributed by atoms with van der Waals surface area (Å²) in [4.78, 5) is 13.2. The third-order valence-electron chi connectivity index (χ3n) is 5.73. The van der Waals surface area contributed by atoms with Gasteiger partial charge in [0.1, 0.15) is 5.69 Å². The number of nitrogens with one attached hydrogen (secondary N) is 2. The molecule has 4 heterocycles. The van der Waals surface area contributed by atoms with E-state index in [1.807, 2.05) is 12.4 Å². The molecule has 0 aliphatic carbocycles. The lowest BCUT2D eigenvalue weighted by Gasteiger charge is -2.28. The first-order chi connectivity index (χ1) is 15.0. The second-order valence-corrected chi connectivity index (χ2v) is 8.72. The highest BCUT2D eigenvalue weighted by atomic mass is 35.5. The molecule has 2 saturated heterocycles. The third kappa shape index (κ3) is 5.16. The number of ether oxygens (including phenoxy) is 1. The molecule has 8 heteroatoms. The first-order valence-electron chi connectivity index (χ1n) is 10.8. The van der Waals surface area contributed by atoms with E-state index in [0.29, 0.717) is 48.3 Å². The van der Waals surface area contributed by atoms with E-state index >= 15 is 0 Å². The zero-order chi connectivity index (χ0) is 21.8. The number of pyridine rings is 1. The highest BCUT2D eigenvalue weighted by Gasteiger charge is 2.25. The Balaban J connectivity index is 1.62. The zero-order valence-electron chi connectivity index (χ0n) is 17.9. The fraction of sp³-hybridized carbons (Fsp3) is 0.522. The Hall–Kier alpha value is -2.24. The minimum atomic E-state index is -0.603. The van der Waals surface area contributed by atoms with Gasteiger partial charge in [0.15, 0.2) is 0 Å². The Kier molecular flexibility index (Phi) is 7.03. The number of halogens is 1. The number of aromatic nitrogens is 3. The van der Waals surface area contributed by atoms with Crippen LogP contribution in [-0.2, 0) is 4.74 Å². The van der Waals surface area contributed by atoms with Gasteiger partial charge in [0, 0.05) is 30.6 Å². The average Bonchev–Trinajstić information content (AvgIpc) is 3.30. The van der Waals surface area contributed by atoms with Crippen molar-refractivity contribution in [2.45, 2.75) is 57.2 Å². The van der Waals surface area contributed by atoms with Gasteiger partial charge in [0.25, 0.3) is 0 Å². The molecule has 0 aromatic carbocycles. The molecule has 2 aromatic heterocycles. The number of rotatable bonds is 4. The van der Waals surface area contributed by atoms with Crippen molar-refractivity contribution in [2.24, 2.45) is 0 Å². The van der Waals surface area contributed by atoms with Crippen LogP contribution in [0.4, 0.5) is 5.95 Å². The van der Waals surface area contributed by atoms with E-state index in [1.54, 1.807) is 0 Å². The summed E-state index contributed by atoms with van der Waals surface area (Å²) in [6, 6.07) is 0.166. The van der Waals surface area contributed by atoms with Gasteiger partial charge in [-0.2, -0.15) is 0 Å². The van der Waals surface area contributed by atoms with Gasteiger partial charge in [-0.25, -0.2) is 9.97 Å². The normalized spacial score (nSPS) is 23.5. The van der Waals surface area contributed by atoms with Gasteiger partial charge in [0.05, 0.1) is 30.0 Å². The summed E-state index contributed by atoms with van der Waals surface area (Å²) in [7, 11) is 0. The second kappa shape index (κ2) is 9.92. The van der Waals surface area contributed by atoms with Crippen molar-refractivity contribution in [3.05, 3.63) is 46.0 Å². The maximum atomic E-state index is 10.1. The first-order valence-corrected chi connectivity index (χ1v) is 11.2. The van der Waals surface area contributed by atoms with Crippen LogP contribution in [0.3, 0.4) is 0 Å². The molecule has 7 nitrogen and oxygen atoms in total. The molecule has 3 N–H and O–H groups in total. The van der Waals surface area contributed by atoms with Crippen molar-refractivity contribution in [2.75, 3.05) is 25.1 Å². The van der Waals surface area contributed by atoms with Gasteiger partial charge in [-0.1, -0.05) is 31.4 Å². The Morgan fingerprint density at radius 1 is 1.26 bits per heavy atom. The van der Waals surface area contributed by atoms with E-state index in [2.05, 4.69) is 51.3 Å². The molecule has 0 radical (unpaired) electrons. The van der Waals surface area contributed by atoms with E-state index in [9.17, 15) is 5.11 Å². The molecule has 3 atom stereocenters. The van der Waals surface area contributed by atoms with Crippen molar-refractivity contribution < 1.29 is 9.84 Å². The summed E-state index contributed by atoms with van der Waals surface area (Å²) < 4.78 is 5.27. The van der Waals surface area contributed by atoms with Crippen LogP contribution in [0.15, 0.2) is 18.6 Å². The van der Waals surface area contributed by atoms with Gasteiger partial charge < -0.3 is 20.5 Å². The fourth-order valence-corrected chi connectivity index (χ4v) is 4.30. The molecule has 4 rings (SSSR count). The summed E-state index contributed by atoms with van der Waals surface area (Å²) in [6.07, 6.45) is 7.67. The molecule has 2 aliphatic rings. The van der Waals surface area contributed by atoms with E-state index in [-0.39, 0.29) is 6.04 Å². The lowest BCUT2D eigenvalue weighted by Crippen LogP contribution is -2.42. The zero-order valence-corrected chi connectivity index (χ0v) is 18.6. The van der Waals surface area contributed by atoms with Gasteiger partial charge >= 0.3 is 0 Å². The quantitative estimate of drug-likeness (QED) is 0.628. The van der Waals surface area contributed by atoms with Crippen LogP contribution in [0.2, 0.25) is 5.02 Å². The van der Waals surface area contributed by atoms with E-state index in [4.69, 9.17) is 16.3 Å². The molecule has 2 aromatic rings. The molecule has 164 valence electrons. The second-order valence-electron chi connectivity index (χ2n) is 8.32. The Labute approximate surface area is 188 Å². The van der Waals surface area contributed by atoms with Crippen LogP contribution in [0.5, 0.6) is 0 Å². The molecule has 0 amide bonds. The molecule has 2 fully saturated rings. The monoisotopic (exact) mass is 441 g/mol. The summed E-state index contributed by atoms with van der Waals surface area (Å²) >= 11 is 6.32. The summed E-state index contributed by atoms with van der Waals surface area (Å²) in [5.74, 6) is 7.07. The van der Waals surface area contributed by atoms with Crippen LogP contribution in [0, 0.1) is 11.8 Å². The Morgan fingerprint density at radius 2 is 2.13 bits per heavy atom. The molecule has 0 spiro atoms. The van der Waals surface area contributed by atoms with Crippen LogP contribution in [0.25, 0.3) is 0 Å². The molecular formula is C23H28ClN5O2. The molecule has 2 aliphatic heterocycles. The number of hydrogen-bond acceptors (Lipinski definition) is 7. The summed E-state index contributed by atoms with van der Waals surface area (Å²) in [5, 5.41) is 17.2. The fourth-order valence-electron chi connectivity index (χ4n) is 4.17. The third-order valence-corrected chi connectivity index (χ3v) is 6.01. The van der Waals surface area contributed by atoms with Crippen molar-refractivity contribution in [1.82, 2.24) is 20.3 Å². The van der Waals surface area contributed by atoms with Crippen molar-refractivity contribution in [3.8, 4) is 11.8 Å². The standard InChI is InChI=1S/C23H28ClN5O2/c1-14(2)22-15(10-25-11-16(22)18-4-3-8-26-18)5-6-19-17(24)12-27-23(28-19)29-20-7-9-31-13-21(20)30/h10-12,14,18,20-21,26,30H,3-4,7-9,13H2,1-2H3,(H,27,28,29)/t18-,20+,21+/m0/s1. The van der Waals surface area contributed by atoms with E-state index < -0.39 is 6.10 Å². The lowest BCUT2D eigenvalue weighted by atomic mass is 9.90. The minimum Gasteiger partial charge on any atom is -0.389 e. The Bertz CT molecular complexity index is 982. The molecular weight excluding hydrogens is 414 g/mol. The van der Waals surface area contributed by atoms with E-state index in [0.717, 1.165) is 18.5 Å². The number of nitrogens with zero attached hydrogens (tertiary/aromatic N) is 3.